The highest BCUT2D eigenvalue weighted by atomic mass is 32.2. The van der Waals surface area contributed by atoms with Crippen molar-refractivity contribution in [1.29, 1.82) is 0 Å². The Balaban J connectivity index is 1.52. The van der Waals surface area contributed by atoms with Crippen LogP contribution in [-0.2, 0) is 4.79 Å². The van der Waals surface area contributed by atoms with E-state index in [4.69, 9.17) is 4.74 Å². The number of aromatic nitrogens is 3. The molecule has 25 heavy (non-hydrogen) atoms. The van der Waals surface area contributed by atoms with Gasteiger partial charge >= 0.3 is 5.69 Å². The van der Waals surface area contributed by atoms with E-state index in [2.05, 4.69) is 20.5 Å². The summed E-state index contributed by atoms with van der Waals surface area (Å²) in [5, 5.41) is 8.97. The molecule has 0 bridgehead atoms. The van der Waals surface area contributed by atoms with Gasteiger partial charge in [0.15, 0.2) is 0 Å². The van der Waals surface area contributed by atoms with Crippen molar-refractivity contribution in [2.75, 3.05) is 11.1 Å². The number of rotatable bonds is 6. The van der Waals surface area contributed by atoms with Crippen LogP contribution in [0.1, 0.15) is 0 Å². The van der Waals surface area contributed by atoms with E-state index in [1.165, 1.54) is 6.20 Å². The fourth-order valence-electron chi connectivity index (χ4n) is 1.93. The lowest BCUT2D eigenvalue weighted by molar-refractivity contribution is -0.113. The number of anilines is 1. The molecule has 0 spiro atoms. The molecule has 1 heterocycles. The van der Waals surface area contributed by atoms with Gasteiger partial charge in [-0.3, -0.25) is 4.79 Å². The Morgan fingerprint density at radius 1 is 1.08 bits per heavy atom. The minimum Gasteiger partial charge on any atom is -0.457 e. The van der Waals surface area contributed by atoms with Gasteiger partial charge in [-0.15, -0.1) is 0 Å². The zero-order chi connectivity index (χ0) is 17.5. The van der Waals surface area contributed by atoms with E-state index in [-0.39, 0.29) is 11.7 Å². The smallest absolute Gasteiger partial charge is 0.362 e. The number of carbonyl (C=O) groups excluding carboxylic acids is 1. The second-order valence-electron chi connectivity index (χ2n) is 4.90. The highest BCUT2D eigenvalue weighted by molar-refractivity contribution is 7.99. The summed E-state index contributed by atoms with van der Waals surface area (Å²) in [6.45, 7) is 0. The zero-order valence-corrected chi connectivity index (χ0v) is 13.8. The molecule has 3 rings (SSSR count). The summed E-state index contributed by atoms with van der Waals surface area (Å²) in [6, 6.07) is 16.5. The van der Waals surface area contributed by atoms with Crippen molar-refractivity contribution < 1.29 is 9.53 Å². The van der Waals surface area contributed by atoms with Crippen molar-refractivity contribution in [1.82, 2.24) is 15.2 Å². The lowest BCUT2D eigenvalue weighted by Crippen LogP contribution is -2.16. The van der Waals surface area contributed by atoms with E-state index < -0.39 is 5.69 Å². The van der Waals surface area contributed by atoms with Crippen LogP contribution in [0.25, 0.3) is 0 Å². The van der Waals surface area contributed by atoms with Crippen LogP contribution in [0.2, 0.25) is 0 Å². The third-order valence-corrected chi connectivity index (χ3v) is 3.91. The summed E-state index contributed by atoms with van der Waals surface area (Å²) in [5.41, 5.74) is 0.113. The molecular formula is C17H14N4O3S. The number of nitrogens with one attached hydrogen (secondary N) is 2. The number of para-hydroxylation sites is 1. The molecule has 3 aromatic rings. The zero-order valence-electron chi connectivity index (χ0n) is 13.0. The van der Waals surface area contributed by atoms with Crippen molar-refractivity contribution in [3.8, 4) is 11.5 Å². The molecule has 0 unspecified atom stereocenters. The van der Waals surface area contributed by atoms with Crippen molar-refractivity contribution in [3.63, 3.8) is 0 Å². The number of thioether (sulfide) groups is 1. The Hall–Kier alpha value is -3.13. The Morgan fingerprint density at radius 2 is 1.80 bits per heavy atom. The topological polar surface area (TPSA) is 97.0 Å². The number of ether oxygens (including phenoxy) is 1. The fourth-order valence-corrected chi connectivity index (χ4v) is 2.56. The van der Waals surface area contributed by atoms with Crippen molar-refractivity contribution >= 4 is 23.4 Å². The van der Waals surface area contributed by atoms with Gasteiger partial charge < -0.3 is 10.1 Å². The summed E-state index contributed by atoms with van der Waals surface area (Å²) >= 11 is 1.14. The number of carbonyl (C=O) groups is 1. The molecule has 1 amide bonds. The molecule has 0 radical (unpaired) electrons. The third kappa shape index (κ3) is 5.18. The summed E-state index contributed by atoms with van der Waals surface area (Å²) in [6.07, 6.45) is 1.40. The Morgan fingerprint density at radius 3 is 2.52 bits per heavy atom. The molecule has 0 saturated heterocycles. The standard InChI is InChI=1S/C17H14N4O3S/c22-15(11-25-16-10-18-21-17(23)20-16)19-12-6-8-14(9-7-12)24-13-4-2-1-3-5-13/h1-10H,11H2,(H,19,22)(H,20,21,23). The lowest BCUT2D eigenvalue weighted by Gasteiger charge is -2.08. The highest BCUT2D eigenvalue weighted by Gasteiger charge is 2.06. The molecule has 0 atom stereocenters. The quantitative estimate of drug-likeness (QED) is 0.661. The van der Waals surface area contributed by atoms with Crippen LogP contribution in [0.3, 0.4) is 0 Å². The number of aromatic amines is 1. The Kier molecular flexibility index (Phi) is 5.43. The van der Waals surface area contributed by atoms with E-state index in [9.17, 15) is 9.59 Å². The molecule has 0 aliphatic carbocycles. The molecule has 0 saturated carbocycles. The van der Waals surface area contributed by atoms with Crippen LogP contribution in [-0.4, -0.2) is 26.8 Å². The first-order chi connectivity index (χ1) is 12.2. The first-order valence-corrected chi connectivity index (χ1v) is 8.35. The van der Waals surface area contributed by atoms with Crippen LogP contribution >= 0.6 is 11.8 Å². The summed E-state index contributed by atoms with van der Waals surface area (Å²) < 4.78 is 5.69. The molecule has 126 valence electrons. The molecule has 0 aliphatic rings. The largest absolute Gasteiger partial charge is 0.457 e. The van der Waals surface area contributed by atoms with Crippen molar-refractivity contribution in [3.05, 3.63) is 71.3 Å². The molecule has 1 aromatic heterocycles. The Bertz CT molecular complexity index is 898. The molecule has 7 nitrogen and oxygen atoms in total. The van der Waals surface area contributed by atoms with Crippen LogP contribution in [0.15, 0.2) is 70.6 Å². The van der Waals surface area contributed by atoms with E-state index in [0.29, 0.717) is 16.5 Å². The van der Waals surface area contributed by atoms with Crippen molar-refractivity contribution in [2.24, 2.45) is 0 Å². The number of hydrogen-bond donors (Lipinski definition) is 2. The molecule has 0 fully saturated rings. The average molecular weight is 354 g/mol. The normalized spacial score (nSPS) is 10.2. The van der Waals surface area contributed by atoms with E-state index in [1.807, 2.05) is 30.3 Å². The van der Waals surface area contributed by atoms with Crippen LogP contribution in [0, 0.1) is 0 Å². The van der Waals surface area contributed by atoms with Gasteiger partial charge in [0.1, 0.15) is 16.5 Å². The first-order valence-electron chi connectivity index (χ1n) is 7.36. The van der Waals surface area contributed by atoms with Gasteiger partial charge in [-0.25, -0.2) is 9.89 Å². The SMILES string of the molecule is O=C(CSc1cn[nH]c(=O)n1)Nc1ccc(Oc2ccccc2)cc1. The van der Waals surface area contributed by atoms with E-state index in [1.54, 1.807) is 24.3 Å². The molecule has 2 N–H and O–H groups in total. The number of H-pyrrole nitrogens is 1. The average Bonchev–Trinajstić information content (AvgIpc) is 2.63. The molecule has 8 heteroatoms. The summed E-state index contributed by atoms with van der Waals surface area (Å²) in [7, 11) is 0. The highest BCUT2D eigenvalue weighted by Crippen LogP contribution is 2.22. The number of hydrogen-bond acceptors (Lipinski definition) is 6. The predicted octanol–water partition coefficient (Wildman–Crippen LogP) is 2.69. The maximum absolute atomic E-state index is 11.9. The number of amides is 1. The maximum Gasteiger partial charge on any atom is 0.362 e. The van der Waals surface area contributed by atoms with Gasteiger partial charge in [-0.2, -0.15) is 10.1 Å². The monoisotopic (exact) mass is 354 g/mol. The second kappa shape index (κ2) is 8.11. The van der Waals surface area contributed by atoms with Gasteiger partial charge in [-0.1, -0.05) is 30.0 Å². The summed E-state index contributed by atoms with van der Waals surface area (Å²) in [5.74, 6) is 1.34. The predicted molar refractivity (Wildman–Crippen MR) is 95.0 cm³/mol. The van der Waals surface area contributed by atoms with Gasteiger partial charge in [0.2, 0.25) is 5.91 Å². The van der Waals surface area contributed by atoms with Gasteiger partial charge in [0.25, 0.3) is 0 Å². The molecule has 2 aromatic carbocycles. The summed E-state index contributed by atoms with van der Waals surface area (Å²) in [4.78, 5) is 26.7. The first kappa shape index (κ1) is 16.7. The minimum atomic E-state index is -0.542. The van der Waals surface area contributed by atoms with Crippen molar-refractivity contribution in [2.45, 2.75) is 5.03 Å². The van der Waals surface area contributed by atoms with E-state index in [0.717, 1.165) is 17.5 Å². The van der Waals surface area contributed by atoms with Crippen LogP contribution < -0.4 is 15.7 Å². The Labute approximate surface area is 147 Å². The minimum absolute atomic E-state index is 0.125. The van der Waals surface area contributed by atoms with Gasteiger partial charge in [0.05, 0.1) is 11.9 Å². The lowest BCUT2D eigenvalue weighted by atomic mass is 10.3. The van der Waals surface area contributed by atoms with Gasteiger partial charge in [0, 0.05) is 5.69 Å². The van der Waals surface area contributed by atoms with Gasteiger partial charge in [-0.05, 0) is 36.4 Å². The number of benzene rings is 2. The van der Waals surface area contributed by atoms with E-state index >= 15 is 0 Å². The maximum atomic E-state index is 11.9. The fraction of sp³-hybridized carbons (Fsp3) is 0.0588. The molecule has 0 aliphatic heterocycles. The second-order valence-corrected chi connectivity index (χ2v) is 5.90. The third-order valence-electron chi connectivity index (χ3n) is 3.02. The van der Waals surface area contributed by atoms with Crippen LogP contribution in [0.5, 0.6) is 11.5 Å². The molecular weight excluding hydrogens is 340 g/mol. The number of nitrogens with zero attached hydrogens (tertiary/aromatic N) is 2. The van der Waals surface area contributed by atoms with Crippen LogP contribution in [0.4, 0.5) is 5.69 Å².